The van der Waals surface area contributed by atoms with E-state index in [4.69, 9.17) is 9.73 Å². The van der Waals surface area contributed by atoms with Crippen LogP contribution in [0.25, 0.3) is 0 Å². The lowest BCUT2D eigenvalue weighted by Crippen LogP contribution is -2.43. The average molecular weight is 332 g/mol. The normalized spacial score (nSPS) is 38.8. The third-order valence-corrected chi connectivity index (χ3v) is 9.01. The summed E-state index contributed by atoms with van der Waals surface area (Å²) in [6, 6.07) is 10.7. The van der Waals surface area contributed by atoms with Gasteiger partial charge in [0.15, 0.2) is 4.27 Å². The van der Waals surface area contributed by atoms with Crippen LogP contribution in [0.1, 0.15) is 50.5 Å². The van der Waals surface area contributed by atoms with Gasteiger partial charge in [-0.25, -0.2) is 0 Å². The van der Waals surface area contributed by atoms with Crippen LogP contribution in [0.4, 0.5) is 0 Å². The van der Waals surface area contributed by atoms with E-state index in [1.165, 1.54) is 55.6 Å². The zero-order valence-electron chi connectivity index (χ0n) is 12.7. The van der Waals surface area contributed by atoms with Gasteiger partial charge in [0.25, 0.3) is 0 Å². The van der Waals surface area contributed by atoms with Crippen molar-refractivity contribution in [3.05, 3.63) is 35.9 Å². The van der Waals surface area contributed by atoms with E-state index in [2.05, 4.69) is 42.1 Å². The fraction of sp³-hybridized carbons (Fsp3) is 0.611. The van der Waals surface area contributed by atoms with Crippen molar-refractivity contribution < 1.29 is 4.74 Å². The average Bonchev–Trinajstić information content (AvgIpc) is 3.27. The lowest BCUT2D eigenvalue weighted by Gasteiger charge is -2.36. The zero-order chi connectivity index (χ0) is 14.6. The maximum Gasteiger partial charge on any atom is 0.192 e. The zero-order valence-corrected chi connectivity index (χ0v) is 14.3. The topological polar surface area (TPSA) is 21.6 Å². The van der Waals surface area contributed by atoms with Crippen LogP contribution < -0.4 is 0 Å². The Labute approximate surface area is 140 Å². The Balaban J connectivity index is 1.54. The third-order valence-electron chi connectivity index (χ3n) is 5.57. The van der Waals surface area contributed by atoms with Gasteiger partial charge in [-0.3, -0.25) is 4.99 Å². The molecule has 1 aromatic rings. The van der Waals surface area contributed by atoms with Crippen LogP contribution >= 0.6 is 23.5 Å². The SMILES string of the molecule is c1ccc(C2=NC3(CCCC3)[C@]3(O[C@@H]4CCC[C@H]4S3)S2)cc1. The molecule has 5 rings (SSSR count). The number of hydrogen-bond donors (Lipinski definition) is 0. The van der Waals surface area contributed by atoms with E-state index in [1.807, 2.05) is 11.8 Å². The molecule has 2 spiro atoms. The van der Waals surface area contributed by atoms with E-state index in [9.17, 15) is 0 Å². The van der Waals surface area contributed by atoms with Crippen LogP contribution in [0.15, 0.2) is 35.3 Å². The van der Waals surface area contributed by atoms with Crippen LogP contribution in [-0.4, -0.2) is 26.2 Å². The van der Waals surface area contributed by atoms with E-state index >= 15 is 0 Å². The number of benzene rings is 1. The second kappa shape index (κ2) is 5.02. The number of aliphatic imine (C=N–C) groups is 1. The minimum Gasteiger partial charge on any atom is -0.347 e. The Morgan fingerprint density at radius 3 is 2.64 bits per heavy atom. The molecule has 1 saturated heterocycles. The van der Waals surface area contributed by atoms with Gasteiger partial charge in [0.1, 0.15) is 10.6 Å². The largest absolute Gasteiger partial charge is 0.347 e. The molecule has 3 fully saturated rings. The highest BCUT2D eigenvalue weighted by Crippen LogP contribution is 2.66. The van der Waals surface area contributed by atoms with Crippen molar-refractivity contribution in [2.45, 2.75) is 66.1 Å². The molecular formula is C18H21NOS2. The standard InChI is InChI=1S/C18H21NOS2/c1-2-7-13(8-3-1)16-19-17(11-4-5-12-17)18(22-16)20-14-9-6-10-15(14)21-18/h1-3,7-8,14-15H,4-6,9-12H2/t14-,15-,18-/m1/s1. The molecule has 2 saturated carbocycles. The summed E-state index contributed by atoms with van der Waals surface area (Å²) in [5.74, 6) is 0. The monoisotopic (exact) mass is 331 g/mol. The van der Waals surface area contributed by atoms with Gasteiger partial charge in [0.05, 0.1) is 6.10 Å². The highest BCUT2D eigenvalue weighted by atomic mass is 32.2. The van der Waals surface area contributed by atoms with Crippen LogP contribution in [0.5, 0.6) is 0 Å². The molecule has 0 radical (unpaired) electrons. The molecular weight excluding hydrogens is 310 g/mol. The van der Waals surface area contributed by atoms with Gasteiger partial charge in [-0.2, -0.15) is 0 Å². The van der Waals surface area contributed by atoms with E-state index < -0.39 is 0 Å². The number of rotatable bonds is 1. The molecule has 0 unspecified atom stereocenters. The second-order valence-corrected chi connectivity index (χ2v) is 9.76. The van der Waals surface area contributed by atoms with Gasteiger partial charge in [0, 0.05) is 10.8 Å². The fourth-order valence-corrected chi connectivity index (χ4v) is 8.26. The predicted molar refractivity (Wildman–Crippen MR) is 94.6 cm³/mol. The first-order valence-electron chi connectivity index (χ1n) is 8.50. The molecule has 0 bridgehead atoms. The lowest BCUT2D eigenvalue weighted by molar-refractivity contribution is 0.00460. The van der Waals surface area contributed by atoms with Crippen molar-refractivity contribution in [3.8, 4) is 0 Å². The number of hydrogen-bond acceptors (Lipinski definition) is 4. The number of nitrogens with zero attached hydrogens (tertiary/aromatic N) is 1. The maximum atomic E-state index is 6.73. The van der Waals surface area contributed by atoms with E-state index in [-0.39, 0.29) is 9.80 Å². The molecule has 4 heteroatoms. The molecule has 22 heavy (non-hydrogen) atoms. The van der Waals surface area contributed by atoms with Crippen molar-refractivity contribution >= 4 is 28.6 Å². The molecule has 2 aliphatic carbocycles. The fourth-order valence-electron chi connectivity index (χ4n) is 4.45. The Bertz CT molecular complexity index is 597. The molecule has 4 aliphatic rings. The predicted octanol–water partition coefficient (Wildman–Crippen LogP) is 4.83. The second-order valence-electron chi connectivity index (χ2n) is 6.92. The highest BCUT2D eigenvalue weighted by Gasteiger charge is 2.65. The van der Waals surface area contributed by atoms with Crippen molar-refractivity contribution in [1.29, 1.82) is 0 Å². The van der Waals surface area contributed by atoms with Gasteiger partial charge in [-0.15, -0.1) is 11.8 Å². The van der Waals surface area contributed by atoms with Crippen molar-refractivity contribution in [1.82, 2.24) is 0 Å². The molecule has 3 atom stereocenters. The smallest absolute Gasteiger partial charge is 0.192 e. The summed E-state index contributed by atoms with van der Waals surface area (Å²) in [4.78, 5) is 5.29. The van der Waals surface area contributed by atoms with Gasteiger partial charge in [-0.05, 0) is 32.1 Å². The van der Waals surface area contributed by atoms with Gasteiger partial charge >= 0.3 is 0 Å². The number of ether oxygens (including phenoxy) is 1. The van der Waals surface area contributed by atoms with Gasteiger partial charge in [-0.1, -0.05) is 54.9 Å². The third kappa shape index (κ3) is 1.90. The van der Waals surface area contributed by atoms with E-state index in [0.29, 0.717) is 11.4 Å². The highest BCUT2D eigenvalue weighted by molar-refractivity contribution is 8.26. The van der Waals surface area contributed by atoms with E-state index in [0.717, 1.165) is 0 Å². The Morgan fingerprint density at radius 1 is 1.05 bits per heavy atom. The van der Waals surface area contributed by atoms with Crippen LogP contribution in [0, 0.1) is 0 Å². The van der Waals surface area contributed by atoms with Gasteiger partial charge < -0.3 is 4.74 Å². The first-order valence-corrected chi connectivity index (χ1v) is 10.2. The molecule has 2 heterocycles. The first kappa shape index (κ1) is 13.9. The molecule has 0 N–H and O–H groups in total. The summed E-state index contributed by atoms with van der Waals surface area (Å²) in [5.41, 5.74) is 1.29. The lowest BCUT2D eigenvalue weighted by atomic mass is 9.99. The summed E-state index contributed by atoms with van der Waals surface area (Å²) in [7, 11) is 0. The van der Waals surface area contributed by atoms with Crippen LogP contribution in [0.3, 0.4) is 0 Å². The first-order chi connectivity index (χ1) is 10.8. The molecule has 116 valence electrons. The molecule has 0 amide bonds. The number of fused-ring (bicyclic) bond motifs is 2. The minimum absolute atomic E-state index is 0.0256. The van der Waals surface area contributed by atoms with Gasteiger partial charge in [0.2, 0.25) is 0 Å². The summed E-state index contributed by atoms with van der Waals surface area (Å²) in [5, 5.41) is 1.91. The Morgan fingerprint density at radius 2 is 1.86 bits per heavy atom. The van der Waals surface area contributed by atoms with Crippen molar-refractivity contribution in [2.75, 3.05) is 0 Å². The molecule has 0 aromatic heterocycles. The van der Waals surface area contributed by atoms with E-state index in [1.54, 1.807) is 0 Å². The molecule has 1 aromatic carbocycles. The van der Waals surface area contributed by atoms with Crippen molar-refractivity contribution in [3.63, 3.8) is 0 Å². The van der Waals surface area contributed by atoms with Crippen LogP contribution in [0.2, 0.25) is 0 Å². The quantitative estimate of drug-likeness (QED) is 0.735. The van der Waals surface area contributed by atoms with Crippen LogP contribution in [-0.2, 0) is 4.74 Å². The molecule has 2 aliphatic heterocycles. The maximum absolute atomic E-state index is 6.73. The Hall–Kier alpha value is -0.450. The van der Waals surface area contributed by atoms with Crippen molar-refractivity contribution in [2.24, 2.45) is 4.99 Å². The summed E-state index contributed by atoms with van der Waals surface area (Å²) < 4.78 is 6.60. The summed E-state index contributed by atoms with van der Waals surface area (Å²) in [6.45, 7) is 0. The Kier molecular flexibility index (Phi) is 3.18. The summed E-state index contributed by atoms with van der Waals surface area (Å²) in [6.07, 6.45) is 9.37. The number of thioether (sulfide) groups is 2. The minimum atomic E-state index is -0.134. The summed E-state index contributed by atoms with van der Waals surface area (Å²) >= 11 is 4.03. The molecule has 2 nitrogen and oxygen atoms in total.